The monoisotopic (exact) mass is 426 g/mol. The third kappa shape index (κ3) is 3.47. The van der Waals surface area contributed by atoms with Crippen LogP contribution >= 0.6 is 0 Å². The van der Waals surface area contributed by atoms with Crippen LogP contribution in [0.5, 0.6) is 0 Å². The van der Waals surface area contributed by atoms with Crippen molar-refractivity contribution in [3.63, 3.8) is 0 Å². The smallest absolute Gasteiger partial charge is 0.325 e. The molecule has 2 N–H and O–H groups in total. The minimum absolute atomic E-state index is 0.0968. The van der Waals surface area contributed by atoms with Crippen LogP contribution in [0.25, 0.3) is 0 Å². The lowest BCUT2D eigenvalue weighted by Gasteiger charge is -2.43. The number of anilines is 1. The molecule has 1 aliphatic carbocycles. The highest BCUT2D eigenvalue weighted by atomic mass is 16.2. The molecule has 0 unspecified atom stereocenters. The zero-order valence-electron chi connectivity index (χ0n) is 18.1. The molecule has 31 heavy (non-hydrogen) atoms. The van der Waals surface area contributed by atoms with E-state index in [0.29, 0.717) is 18.5 Å². The summed E-state index contributed by atoms with van der Waals surface area (Å²) in [5.74, 6) is -1.50. The Bertz CT molecular complexity index is 1030. The number of carbonyl (C=O) groups excluding carboxylic acids is 5. The zero-order chi connectivity index (χ0) is 22.7. The van der Waals surface area contributed by atoms with Crippen LogP contribution in [-0.4, -0.2) is 58.6 Å². The second-order valence-electron chi connectivity index (χ2n) is 9.74. The van der Waals surface area contributed by atoms with Gasteiger partial charge in [0.05, 0.1) is 11.1 Å². The van der Waals surface area contributed by atoms with E-state index in [9.17, 15) is 24.0 Å². The number of benzene rings is 1. The van der Waals surface area contributed by atoms with Gasteiger partial charge in [-0.3, -0.25) is 29.0 Å². The number of carbonyl (C=O) groups is 5. The number of amides is 6. The van der Waals surface area contributed by atoms with E-state index in [1.165, 1.54) is 25.2 Å². The lowest BCUT2D eigenvalue weighted by Crippen LogP contribution is -2.54. The van der Waals surface area contributed by atoms with Crippen LogP contribution in [0.3, 0.4) is 0 Å². The number of fused-ring (bicyclic) bond motifs is 1. The van der Waals surface area contributed by atoms with Gasteiger partial charge in [-0.15, -0.1) is 0 Å². The number of hydrogen-bond acceptors (Lipinski definition) is 5. The number of nitrogens with zero attached hydrogens (tertiary/aromatic N) is 2. The van der Waals surface area contributed by atoms with Crippen molar-refractivity contribution in [1.82, 2.24) is 15.1 Å². The summed E-state index contributed by atoms with van der Waals surface area (Å²) in [6, 6.07) is 3.85. The molecule has 0 bridgehead atoms. The normalized spacial score (nSPS) is 27.0. The van der Waals surface area contributed by atoms with Crippen molar-refractivity contribution >= 4 is 35.3 Å². The number of imide groups is 2. The fourth-order valence-electron chi connectivity index (χ4n) is 5.43. The molecule has 0 radical (unpaired) electrons. The first-order valence-corrected chi connectivity index (χ1v) is 10.3. The Kier molecular flexibility index (Phi) is 4.68. The van der Waals surface area contributed by atoms with Crippen molar-refractivity contribution in [3.8, 4) is 0 Å². The van der Waals surface area contributed by atoms with E-state index in [1.807, 2.05) is 0 Å². The van der Waals surface area contributed by atoms with Crippen LogP contribution in [0.4, 0.5) is 10.5 Å². The van der Waals surface area contributed by atoms with Crippen LogP contribution in [0.15, 0.2) is 18.2 Å². The summed E-state index contributed by atoms with van der Waals surface area (Å²) in [5.41, 5.74) is -0.271. The topological polar surface area (TPSA) is 116 Å². The van der Waals surface area contributed by atoms with Crippen LogP contribution < -0.4 is 10.6 Å². The summed E-state index contributed by atoms with van der Waals surface area (Å²) < 4.78 is 0. The average Bonchev–Trinajstić information content (AvgIpc) is 3.00. The van der Waals surface area contributed by atoms with Crippen molar-refractivity contribution in [3.05, 3.63) is 29.3 Å². The lowest BCUT2D eigenvalue weighted by molar-refractivity contribution is -0.136. The Hall–Kier alpha value is -3.23. The second-order valence-corrected chi connectivity index (χ2v) is 9.74. The Balaban J connectivity index is 1.47. The van der Waals surface area contributed by atoms with Gasteiger partial charge in [-0.2, -0.15) is 0 Å². The molecule has 3 aliphatic rings. The molecule has 2 aliphatic heterocycles. The first-order valence-electron chi connectivity index (χ1n) is 10.3. The van der Waals surface area contributed by atoms with Gasteiger partial charge in [0.1, 0.15) is 12.1 Å². The summed E-state index contributed by atoms with van der Waals surface area (Å²) in [5, 5.41) is 5.46. The summed E-state index contributed by atoms with van der Waals surface area (Å²) in [7, 11) is 1.39. The Morgan fingerprint density at radius 2 is 1.81 bits per heavy atom. The predicted octanol–water partition coefficient (Wildman–Crippen LogP) is 1.99. The average molecular weight is 426 g/mol. The highest BCUT2D eigenvalue weighted by Crippen LogP contribution is 2.46. The number of urea groups is 1. The Labute approximate surface area is 180 Å². The second kappa shape index (κ2) is 6.90. The molecule has 1 saturated heterocycles. The molecule has 1 spiro atoms. The predicted molar refractivity (Wildman–Crippen MR) is 111 cm³/mol. The Morgan fingerprint density at radius 1 is 1.13 bits per heavy atom. The SMILES string of the molecule is C[C@H]1CC(C)(C)C[C@]2(C1)NC(=O)N(CC(=O)Nc1ccc3c(c1)C(=O)N(C)C3=O)C2=O. The van der Waals surface area contributed by atoms with E-state index >= 15 is 0 Å². The largest absolute Gasteiger partial charge is 0.325 e. The number of rotatable bonds is 3. The molecule has 164 valence electrons. The van der Waals surface area contributed by atoms with Crippen molar-refractivity contribution in [2.45, 2.75) is 45.6 Å². The summed E-state index contributed by atoms with van der Waals surface area (Å²) in [4.78, 5) is 64.4. The summed E-state index contributed by atoms with van der Waals surface area (Å²) in [6.07, 6.45) is 2.04. The van der Waals surface area contributed by atoms with E-state index in [4.69, 9.17) is 0 Å². The number of hydrogen-bond donors (Lipinski definition) is 2. The molecular formula is C22H26N4O5. The summed E-state index contributed by atoms with van der Waals surface area (Å²) in [6.45, 7) is 5.80. The van der Waals surface area contributed by atoms with Gasteiger partial charge in [-0.05, 0) is 48.8 Å². The molecule has 2 heterocycles. The van der Waals surface area contributed by atoms with Gasteiger partial charge < -0.3 is 10.6 Å². The van der Waals surface area contributed by atoms with Crippen LogP contribution in [-0.2, 0) is 9.59 Å². The minimum Gasteiger partial charge on any atom is -0.325 e. The highest BCUT2D eigenvalue weighted by molar-refractivity contribution is 6.21. The van der Waals surface area contributed by atoms with E-state index < -0.39 is 35.8 Å². The van der Waals surface area contributed by atoms with E-state index in [1.54, 1.807) is 0 Å². The maximum absolute atomic E-state index is 13.2. The standard InChI is InChI=1S/C22H26N4O5/c1-12-8-21(2,3)11-22(9-12)19(30)26(20(31)24-22)10-16(27)23-13-5-6-14-15(7-13)18(29)25(4)17(14)28/h5-7,12H,8-11H2,1-4H3,(H,23,27)(H,24,31)/t12-,22-/m0/s1. The van der Waals surface area contributed by atoms with Gasteiger partial charge in [-0.25, -0.2) is 4.79 Å². The molecule has 2 atom stereocenters. The molecule has 4 rings (SSSR count). The maximum atomic E-state index is 13.2. The molecule has 2 fully saturated rings. The van der Waals surface area contributed by atoms with Gasteiger partial charge >= 0.3 is 6.03 Å². The molecule has 1 aromatic rings. The zero-order valence-corrected chi connectivity index (χ0v) is 18.1. The third-order valence-electron chi connectivity index (χ3n) is 6.30. The molecule has 0 aromatic heterocycles. The van der Waals surface area contributed by atoms with Crippen LogP contribution in [0.2, 0.25) is 0 Å². The fraction of sp³-hybridized carbons (Fsp3) is 0.500. The quantitative estimate of drug-likeness (QED) is 0.566. The van der Waals surface area contributed by atoms with Crippen LogP contribution in [0.1, 0.15) is 60.7 Å². The van der Waals surface area contributed by atoms with Crippen molar-refractivity contribution < 1.29 is 24.0 Å². The van der Waals surface area contributed by atoms with Gasteiger partial charge in [0.25, 0.3) is 17.7 Å². The van der Waals surface area contributed by atoms with E-state index in [2.05, 4.69) is 31.4 Å². The molecule has 1 saturated carbocycles. The van der Waals surface area contributed by atoms with Crippen molar-refractivity contribution in [2.75, 3.05) is 18.9 Å². The van der Waals surface area contributed by atoms with Crippen molar-refractivity contribution in [2.24, 2.45) is 11.3 Å². The third-order valence-corrected chi connectivity index (χ3v) is 6.30. The number of nitrogens with one attached hydrogen (secondary N) is 2. The lowest BCUT2D eigenvalue weighted by atomic mass is 9.64. The van der Waals surface area contributed by atoms with Crippen LogP contribution in [0, 0.1) is 11.3 Å². The maximum Gasteiger partial charge on any atom is 0.325 e. The van der Waals surface area contributed by atoms with Crippen molar-refractivity contribution in [1.29, 1.82) is 0 Å². The fourth-order valence-corrected chi connectivity index (χ4v) is 5.43. The molecule has 1 aromatic carbocycles. The molecule has 9 heteroatoms. The molecular weight excluding hydrogens is 400 g/mol. The van der Waals surface area contributed by atoms with Gasteiger partial charge in [0.2, 0.25) is 5.91 Å². The first-order chi connectivity index (χ1) is 14.4. The highest BCUT2D eigenvalue weighted by Gasteiger charge is 2.56. The molecule has 6 amide bonds. The van der Waals surface area contributed by atoms with E-state index in [0.717, 1.165) is 16.2 Å². The Morgan fingerprint density at radius 3 is 2.48 bits per heavy atom. The van der Waals surface area contributed by atoms with Gasteiger partial charge in [-0.1, -0.05) is 20.8 Å². The van der Waals surface area contributed by atoms with Gasteiger partial charge in [0.15, 0.2) is 0 Å². The van der Waals surface area contributed by atoms with Gasteiger partial charge in [0, 0.05) is 12.7 Å². The minimum atomic E-state index is -0.969. The summed E-state index contributed by atoms with van der Waals surface area (Å²) >= 11 is 0. The first kappa shape index (κ1) is 21.0. The molecule has 9 nitrogen and oxygen atoms in total. The van der Waals surface area contributed by atoms with E-state index in [-0.39, 0.29) is 28.4 Å².